The molecule has 4 aromatic carbocycles. The van der Waals surface area contributed by atoms with E-state index in [1.165, 1.54) is 0 Å². The van der Waals surface area contributed by atoms with Gasteiger partial charge in [0.15, 0.2) is 17.5 Å². The minimum absolute atomic E-state index is 0.242. The molecule has 6 nitrogen and oxygen atoms in total. The molecule has 0 radical (unpaired) electrons. The van der Waals surface area contributed by atoms with Gasteiger partial charge in [0.25, 0.3) is 0 Å². The maximum atomic E-state index is 6.55. The van der Waals surface area contributed by atoms with Gasteiger partial charge in [-0.25, -0.2) is 14.7 Å². The van der Waals surface area contributed by atoms with Crippen LogP contribution in [0, 0.1) is 13.8 Å². The van der Waals surface area contributed by atoms with Crippen LogP contribution in [0.3, 0.4) is 0 Å². The third-order valence-corrected chi connectivity index (χ3v) is 7.88. The molecule has 0 bridgehead atoms. The molecule has 1 aromatic heterocycles. The second kappa shape index (κ2) is 9.66. The van der Waals surface area contributed by atoms with Crippen LogP contribution in [0.1, 0.15) is 28.4 Å². The molecule has 0 saturated heterocycles. The second-order valence-corrected chi connectivity index (χ2v) is 10.7. The smallest absolute Gasteiger partial charge is 0.179 e. The molecule has 0 spiro atoms. The Morgan fingerprint density at radius 3 is 2.40 bits per heavy atom. The Bertz CT molecular complexity index is 1840. The van der Waals surface area contributed by atoms with Crippen molar-refractivity contribution < 1.29 is 0 Å². The summed E-state index contributed by atoms with van der Waals surface area (Å²) in [7, 11) is 0. The Morgan fingerprint density at radius 1 is 0.800 bits per heavy atom. The highest BCUT2D eigenvalue weighted by molar-refractivity contribution is 6.51. The predicted octanol–water partition coefficient (Wildman–Crippen LogP) is 8.59. The molecule has 0 amide bonds. The predicted molar refractivity (Wildman–Crippen MR) is 165 cm³/mol. The van der Waals surface area contributed by atoms with E-state index in [2.05, 4.69) is 22.3 Å². The lowest BCUT2D eigenvalue weighted by atomic mass is 9.93. The first kappa shape index (κ1) is 24.6. The van der Waals surface area contributed by atoms with Gasteiger partial charge in [0.2, 0.25) is 0 Å². The lowest BCUT2D eigenvalue weighted by Crippen LogP contribution is -2.46. The summed E-state index contributed by atoms with van der Waals surface area (Å²) in [6.45, 7) is 4.02. The van der Waals surface area contributed by atoms with Crippen molar-refractivity contribution in [2.24, 2.45) is 9.98 Å². The topological polar surface area (TPSA) is 57.8 Å². The minimum Gasteiger partial charge on any atom is -0.337 e. The number of fused-ring (bicyclic) bond motifs is 4. The highest BCUT2D eigenvalue weighted by Gasteiger charge is 2.41. The molecule has 3 heterocycles. The van der Waals surface area contributed by atoms with E-state index in [1.54, 1.807) is 0 Å². The molecule has 1 unspecified atom stereocenters. The van der Waals surface area contributed by atoms with E-state index >= 15 is 0 Å². The van der Waals surface area contributed by atoms with Gasteiger partial charge in [-0.2, -0.15) is 5.10 Å². The summed E-state index contributed by atoms with van der Waals surface area (Å²) >= 11 is 13.0. The molecule has 1 atom stereocenters. The molecule has 8 heteroatoms. The number of rotatable bonds is 3. The van der Waals surface area contributed by atoms with Crippen molar-refractivity contribution in [2.45, 2.75) is 19.9 Å². The van der Waals surface area contributed by atoms with Crippen molar-refractivity contribution in [3.63, 3.8) is 0 Å². The molecule has 5 aromatic rings. The first-order chi connectivity index (χ1) is 19.5. The monoisotopic (exact) mass is 562 g/mol. The standard InChI is InChI=1S/C32H24Cl2N6/c1-19-15-16-23(18-25(19)34)35-30-32-37-31-28(20(2)38-40(31)24-11-4-3-5-12-24)29(21-9-8-10-22(33)17-21)39(32)27-14-7-6-13-26(27)36-30/h3-18,29H,1-2H3,(H,35,36). The first-order valence-electron chi connectivity index (χ1n) is 13.0. The zero-order valence-electron chi connectivity index (χ0n) is 21.8. The molecule has 2 aliphatic rings. The van der Waals surface area contributed by atoms with E-state index in [0.717, 1.165) is 51.0 Å². The minimum atomic E-state index is -0.242. The van der Waals surface area contributed by atoms with Crippen molar-refractivity contribution in [2.75, 3.05) is 10.2 Å². The molecular weight excluding hydrogens is 539 g/mol. The van der Waals surface area contributed by atoms with Gasteiger partial charge in [-0.1, -0.05) is 71.7 Å². The number of para-hydroxylation sites is 3. The van der Waals surface area contributed by atoms with Gasteiger partial charge in [0, 0.05) is 21.3 Å². The van der Waals surface area contributed by atoms with Crippen molar-refractivity contribution in [1.29, 1.82) is 0 Å². The Labute approximate surface area is 242 Å². The average molecular weight is 563 g/mol. The fourth-order valence-electron chi connectivity index (χ4n) is 5.35. The highest BCUT2D eigenvalue weighted by Crippen LogP contribution is 2.48. The third kappa shape index (κ3) is 4.08. The fraction of sp³-hybridized carbons (Fsp3) is 0.0938. The van der Waals surface area contributed by atoms with Gasteiger partial charge >= 0.3 is 0 Å². The SMILES string of the molecule is Cc1ccc(NC2=Nc3ccccc3N3C2=Nc2c(c(C)nn2-c2ccccc2)C3c2cccc(Cl)c2)cc1Cl. The Hall–Kier alpha value is -4.39. The fourth-order valence-corrected chi connectivity index (χ4v) is 5.73. The highest BCUT2D eigenvalue weighted by atomic mass is 35.5. The van der Waals surface area contributed by atoms with Crippen molar-refractivity contribution >= 4 is 57.8 Å². The Balaban J connectivity index is 1.50. The van der Waals surface area contributed by atoms with Crippen LogP contribution in [0.15, 0.2) is 107 Å². The van der Waals surface area contributed by atoms with E-state index in [0.29, 0.717) is 21.7 Å². The normalized spacial score (nSPS) is 15.5. The van der Waals surface area contributed by atoms with Crippen LogP contribution in [0.5, 0.6) is 0 Å². The average Bonchev–Trinajstić information content (AvgIpc) is 3.30. The number of amidine groups is 2. The van der Waals surface area contributed by atoms with E-state index in [-0.39, 0.29) is 6.04 Å². The number of aryl methyl sites for hydroxylation is 2. The lowest BCUT2D eigenvalue weighted by Gasteiger charge is -2.40. The molecule has 0 aliphatic carbocycles. The largest absolute Gasteiger partial charge is 0.337 e. The lowest BCUT2D eigenvalue weighted by molar-refractivity contribution is 0.815. The summed E-state index contributed by atoms with van der Waals surface area (Å²) in [5.41, 5.74) is 7.51. The number of benzene rings is 4. The van der Waals surface area contributed by atoms with E-state index < -0.39 is 0 Å². The summed E-state index contributed by atoms with van der Waals surface area (Å²) in [5.74, 6) is 2.07. The molecule has 0 saturated carbocycles. The van der Waals surface area contributed by atoms with Crippen LogP contribution in [0.25, 0.3) is 5.69 Å². The third-order valence-electron chi connectivity index (χ3n) is 7.24. The summed E-state index contributed by atoms with van der Waals surface area (Å²) < 4.78 is 1.91. The number of halogens is 2. The van der Waals surface area contributed by atoms with Gasteiger partial charge < -0.3 is 10.2 Å². The molecule has 2 aliphatic heterocycles. The summed E-state index contributed by atoms with van der Waals surface area (Å²) in [6, 6.07) is 31.8. The quantitative estimate of drug-likeness (QED) is 0.239. The van der Waals surface area contributed by atoms with Crippen LogP contribution in [0.2, 0.25) is 10.0 Å². The number of aliphatic imine (C=N–C) groups is 2. The molecule has 7 rings (SSSR count). The van der Waals surface area contributed by atoms with Gasteiger partial charge in [-0.3, -0.25) is 0 Å². The van der Waals surface area contributed by atoms with Crippen molar-refractivity contribution in [1.82, 2.24) is 9.78 Å². The van der Waals surface area contributed by atoms with Crippen molar-refractivity contribution in [3.8, 4) is 5.69 Å². The van der Waals surface area contributed by atoms with E-state index in [1.807, 2.05) is 103 Å². The summed E-state index contributed by atoms with van der Waals surface area (Å²) in [4.78, 5) is 12.5. The number of nitrogens with one attached hydrogen (secondary N) is 1. The number of anilines is 2. The second-order valence-electron chi connectivity index (χ2n) is 9.87. The van der Waals surface area contributed by atoms with Crippen LogP contribution in [-0.2, 0) is 0 Å². The Morgan fingerprint density at radius 2 is 1.60 bits per heavy atom. The van der Waals surface area contributed by atoms with Gasteiger partial charge in [0.1, 0.15) is 0 Å². The molecule has 196 valence electrons. The van der Waals surface area contributed by atoms with Crippen LogP contribution in [-0.4, -0.2) is 21.5 Å². The van der Waals surface area contributed by atoms with E-state index in [9.17, 15) is 0 Å². The zero-order valence-corrected chi connectivity index (χ0v) is 23.3. The first-order valence-corrected chi connectivity index (χ1v) is 13.7. The molecular formula is C32H24Cl2N6. The summed E-state index contributed by atoms with van der Waals surface area (Å²) in [6.07, 6.45) is 0. The molecule has 0 fully saturated rings. The zero-order chi connectivity index (χ0) is 27.4. The van der Waals surface area contributed by atoms with Crippen molar-refractivity contribution in [3.05, 3.63) is 129 Å². The van der Waals surface area contributed by atoms with Crippen LogP contribution < -0.4 is 10.2 Å². The molecule has 1 N–H and O–H groups in total. The number of hydrogen-bond acceptors (Lipinski definition) is 5. The van der Waals surface area contributed by atoms with Crippen LogP contribution in [0.4, 0.5) is 22.9 Å². The van der Waals surface area contributed by atoms with Gasteiger partial charge in [-0.15, -0.1) is 0 Å². The van der Waals surface area contributed by atoms with E-state index in [4.69, 9.17) is 38.3 Å². The number of hydrogen-bond donors (Lipinski definition) is 1. The van der Waals surface area contributed by atoms with Gasteiger partial charge in [-0.05, 0) is 73.5 Å². The molecule has 40 heavy (non-hydrogen) atoms. The van der Waals surface area contributed by atoms with Gasteiger partial charge in [0.05, 0.1) is 28.8 Å². The summed E-state index contributed by atoms with van der Waals surface area (Å²) in [5, 5.41) is 9.83. The number of aromatic nitrogens is 2. The maximum Gasteiger partial charge on any atom is 0.179 e. The Kier molecular flexibility index (Phi) is 5.95. The van der Waals surface area contributed by atoms with Crippen LogP contribution >= 0.6 is 23.2 Å². The maximum absolute atomic E-state index is 6.55. The number of nitrogens with zero attached hydrogens (tertiary/aromatic N) is 5.